The van der Waals surface area contributed by atoms with Gasteiger partial charge < -0.3 is 15.2 Å². The summed E-state index contributed by atoms with van der Waals surface area (Å²) >= 11 is 0. The molecule has 1 unspecified atom stereocenters. The van der Waals surface area contributed by atoms with Crippen molar-refractivity contribution >= 4 is 10.8 Å². The van der Waals surface area contributed by atoms with Crippen LogP contribution in [0.3, 0.4) is 0 Å². The average Bonchev–Trinajstić information content (AvgIpc) is 2.47. The Labute approximate surface area is 129 Å². The lowest BCUT2D eigenvalue weighted by atomic mass is 10.1. The summed E-state index contributed by atoms with van der Waals surface area (Å²) in [5, 5.41) is 18.5. The van der Waals surface area contributed by atoms with Gasteiger partial charge in [-0.2, -0.15) is 0 Å². The Bertz CT molecular complexity index is 704. The maximum Gasteiger partial charge on any atom is 0.274 e. The zero-order chi connectivity index (χ0) is 16.3. The Morgan fingerprint density at radius 3 is 2.59 bits per heavy atom. The summed E-state index contributed by atoms with van der Waals surface area (Å²) < 4.78 is 6.87. The molecule has 0 fully saturated rings. The highest BCUT2D eigenvalue weighted by molar-refractivity contribution is 5.85. The number of rotatable bonds is 5. The summed E-state index contributed by atoms with van der Waals surface area (Å²) in [5.41, 5.74) is -0.236. The number of ether oxygens (including phenoxy) is 1. The van der Waals surface area contributed by atoms with Crippen molar-refractivity contribution in [2.24, 2.45) is 7.05 Å². The monoisotopic (exact) mass is 305 g/mol. The topological polar surface area (TPSA) is 76.4 Å². The highest BCUT2D eigenvalue weighted by Crippen LogP contribution is 2.19. The van der Waals surface area contributed by atoms with E-state index < -0.39 is 6.10 Å². The SMILES string of the molecule is Cn1nc(OCC(O)CNC(C)(C)C)c2ccccc2c1=O. The summed E-state index contributed by atoms with van der Waals surface area (Å²) in [6, 6.07) is 7.16. The highest BCUT2D eigenvalue weighted by Gasteiger charge is 2.14. The van der Waals surface area contributed by atoms with Crippen LogP contribution in [0.4, 0.5) is 0 Å². The minimum atomic E-state index is -0.656. The quantitative estimate of drug-likeness (QED) is 0.864. The molecule has 2 rings (SSSR count). The Kier molecular flexibility index (Phi) is 4.83. The summed E-state index contributed by atoms with van der Waals surface area (Å²) in [6.45, 7) is 6.62. The van der Waals surface area contributed by atoms with Gasteiger partial charge in [-0.3, -0.25) is 4.79 Å². The molecular formula is C16H23N3O3. The van der Waals surface area contributed by atoms with Crippen LogP contribution in [0.15, 0.2) is 29.1 Å². The van der Waals surface area contributed by atoms with Crippen molar-refractivity contribution in [3.05, 3.63) is 34.6 Å². The standard InChI is InChI=1S/C16H23N3O3/c1-16(2,3)17-9-11(20)10-22-14-12-7-5-6-8-13(12)15(21)19(4)18-14/h5-8,11,17,20H,9-10H2,1-4H3. The molecule has 6 nitrogen and oxygen atoms in total. The number of hydrogen-bond donors (Lipinski definition) is 2. The molecule has 0 radical (unpaired) electrons. The van der Waals surface area contributed by atoms with Crippen molar-refractivity contribution in [1.29, 1.82) is 0 Å². The van der Waals surface area contributed by atoms with Gasteiger partial charge in [0.1, 0.15) is 12.7 Å². The van der Waals surface area contributed by atoms with Gasteiger partial charge in [-0.1, -0.05) is 12.1 Å². The van der Waals surface area contributed by atoms with Gasteiger partial charge >= 0.3 is 0 Å². The lowest BCUT2D eigenvalue weighted by molar-refractivity contribution is 0.0976. The number of aryl methyl sites for hydroxylation is 1. The predicted molar refractivity (Wildman–Crippen MR) is 86.2 cm³/mol. The Morgan fingerprint density at radius 2 is 1.95 bits per heavy atom. The third-order valence-electron chi connectivity index (χ3n) is 3.20. The fourth-order valence-corrected chi connectivity index (χ4v) is 2.03. The van der Waals surface area contributed by atoms with Crippen LogP contribution in [-0.2, 0) is 7.05 Å². The molecule has 2 N–H and O–H groups in total. The Balaban J connectivity index is 2.12. The number of fused-ring (bicyclic) bond motifs is 1. The molecular weight excluding hydrogens is 282 g/mol. The second-order valence-electron chi connectivity index (χ2n) is 6.38. The van der Waals surface area contributed by atoms with Crippen molar-refractivity contribution in [1.82, 2.24) is 15.1 Å². The average molecular weight is 305 g/mol. The van der Waals surface area contributed by atoms with Gasteiger partial charge in [-0.05, 0) is 32.9 Å². The normalized spacial score (nSPS) is 13.3. The predicted octanol–water partition coefficient (Wildman–Crippen LogP) is 1.06. The molecule has 22 heavy (non-hydrogen) atoms. The minimum absolute atomic E-state index is 0.0669. The third kappa shape index (κ3) is 4.05. The van der Waals surface area contributed by atoms with Gasteiger partial charge in [-0.15, -0.1) is 5.10 Å². The lowest BCUT2D eigenvalue weighted by Crippen LogP contribution is -2.42. The molecule has 1 aromatic carbocycles. The van der Waals surface area contributed by atoms with Crippen LogP contribution in [0.5, 0.6) is 5.88 Å². The fourth-order valence-electron chi connectivity index (χ4n) is 2.03. The molecule has 0 saturated carbocycles. The lowest BCUT2D eigenvalue weighted by Gasteiger charge is -2.23. The summed E-state index contributed by atoms with van der Waals surface area (Å²) in [6.07, 6.45) is -0.656. The van der Waals surface area contributed by atoms with Crippen molar-refractivity contribution < 1.29 is 9.84 Å². The molecule has 2 aromatic rings. The van der Waals surface area contributed by atoms with E-state index in [1.807, 2.05) is 26.8 Å². The van der Waals surface area contributed by atoms with Crippen LogP contribution < -0.4 is 15.6 Å². The molecule has 0 aliphatic rings. The first-order valence-corrected chi connectivity index (χ1v) is 7.30. The van der Waals surface area contributed by atoms with E-state index in [1.54, 1.807) is 25.2 Å². The molecule has 1 atom stereocenters. The van der Waals surface area contributed by atoms with E-state index in [-0.39, 0.29) is 17.7 Å². The molecule has 0 aliphatic heterocycles. The number of hydrogen-bond acceptors (Lipinski definition) is 5. The van der Waals surface area contributed by atoms with Crippen LogP contribution in [0.25, 0.3) is 10.8 Å². The zero-order valence-corrected chi connectivity index (χ0v) is 13.5. The fraction of sp³-hybridized carbons (Fsp3) is 0.500. The maximum absolute atomic E-state index is 12.0. The van der Waals surface area contributed by atoms with Crippen molar-refractivity contribution in [2.45, 2.75) is 32.4 Å². The van der Waals surface area contributed by atoms with Gasteiger partial charge in [0.15, 0.2) is 0 Å². The number of nitrogens with zero attached hydrogens (tertiary/aromatic N) is 2. The van der Waals surface area contributed by atoms with Gasteiger partial charge in [0.2, 0.25) is 5.88 Å². The molecule has 0 saturated heterocycles. The number of β-amino-alcohol motifs (C(OH)–C–C–N with tert-alkyl or cyclic N) is 1. The Hall–Kier alpha value is -1.92. The van der Waals surface area contributed by atoms with Crippen LogP contribution in [0, 0.1) is 0 Å². The molecule has 0 aliphatic carbocycles. The van der Waals surface area contributed by atoms with E-state index in [0.717, 1.165) is 0 Å². The van der Waals surface area contributed by atoms with E-state index in [1.165, 1.54) is 4.68 Å². The number of aromatic nitrogens is 2. The Morgan fingerprint density at radius 1 is 1.32 bits per heavy atom. The van der Waals surface area contributed by atoms with Gasteiger partial charge in [0.05, 0.1) is 10.8 Å². The second kappa shape index (κ2) is 6.46. The molecule has 0 bridgehead atoms. The van der Waals surface area contributed by atoms with E-state index in [2.05, 4.69) is 10.4 Å². The molecule has 120 valence electrons. The second-order valence-corrected chi connectivity index (χ2v) is 6.38. The molecule has 0 spiro atoms. The van der Waals surface area contributed by atoms with Gasteiger partial charge in [0.25, 0.3) is 5.56 Å². The van der Waals surface area contributed by atoms with E-state index in [4.69, 9.17) is 4.74 Å². The van der Waals surface area contributed by atoms with Gasteiger partial charge in [-0.25, -0.2) is 4.68 Å². The number of benzene rings is 1. The summed E-state index contributed by atoms with van der Waals surface area (Å²) in [5.74, 6) is 0.354. The number of nitrogens with one attached hydrogen (secondary N) is 1. The van der Waals surface area contributed by atoms with Crippen LogP contribution in [0.2, 0.25) is 0 Å². The van der Waals surface area contributed by atoms with Crippen LogP contribution in [0.1, 0.15) is 20.8 Å². The van der Waals surface area contributed by atoms with Gasteiger partial charge in [0, 0.05) is 19.1 Å². The van der Waals surface area contributed by atoms with E-state index in [0.29, 0.717) is 23.2 Å². The van der Waals surface area contributed by atoms with Crippen molar-refractivity contribution in [3.63, 3.8) is 0 Å². The molecule has 0 amide bonds. The van der Waals surface area contributed by atoms with E-state index in [9.17, 15) is 9.90 Å². The zero-order valence-electron chi connectivity index (χ0n) is 13.5. The van der Waals surface area contributed by atoms with Crippen LogP contribution >= 0.6 is 0 Å². The number of aliphatic hydroxyl groups excluding tert-OH is 1. The first-order chi connectivity index (χ1) is 10.3. The molecule has 6 heteroatoms. The van der Waals surface area contributed by atoms with Crippen molar-refractivity contribution in [3.8, 4) is 5.88 Å². The van der Waals surface area contributed by atoms with E-state index >= 15 is 0 Å². The van der Waals surface area contributed by atoms with Crippen molar-refractivity contribution in [2.75, 3.05) is 13.2 Å². The highest BCUT2D eigenvalue weighted by atomic mass is 16.5. The summed E-state index contributed by atoms with van der Waals surface area (Å²) in [4.78, 5) is 12.0. The number of aliphatic hydroxyl groups is 1. The minimum Gasteiger partial charge on any atom is -0.473 e. The smallest absolute Gasteiger partial charge is 0.274 e. The summed E-state index contributed by atoms with van der Waals surface area (Å²) in [7, 11) is 1.58. The van der Waals surface area contributed by atoms with Crippen LogP contribution in [-0.4, -0.2) is 39.7 Å². The largest absolute Gasteiger partial charge is 0.473 e. The first-order valence-electron chi connectivity index (χ1n) is 7.30. The first kappa shape index (κ1) is 16.5. The molecule has 1 aromatic heterocycles. The maximum atomic E-state index is 12.0. The molecule has 1 heterocycles. The third-order valence-corrected chi connectivity index (χ3v) is 3.20.